The molecule has 0 N–H and O–H groups in total. The van der Waals surface area contributed by atoms with Crippen molar-refractivity contribution in [3.8, 4) is 0 Å². The normalized spacial score (nSPS) is 19.4. The van der Waals surface area contributed by atoms with E-state index in [2.05, 4.69) is 79.7 Å². The molecule has 146 valence electrons. The van der Waals surface area contributed by atoms with E-state index >= 15 is 0 Å². The van der Waals surface area contributed by atoms with Gasteiger partial charge in [-0.3, -0.25) is 0 Å². The zero-order chi connectivity index (χ0) is 19.4. The maximum Gasteiger partial charge on any atom is 0.169 e. The molecule has 0 aliphatic heterocycles. The van der Waals surface area contributed by atoms with Crippen LogP contribution in [0.5, 0.6) is 0 Å². The Bertz CT molecular complexity index is 355. The zero-order valence-electron chi connectivity index (χ0n) is 18.5. The average Bonchev–Trinajstić information content (AvgIpc) is 2.32. The Hall–Kier alpha value is 1.18. The first kappa shape index (κ1) is 25.2. The van der Waals surface area contributed by atoms with E-state index in [9.17, 15) is 0 Å². The molecule has 24 heavy (non-hydrogen) atoms. The first-order chi connectivity index (χ1) is 10.5. The van der Waals surface area contributed by atoms with Crippen LogP contribution in [-0.4, -0.2) is 54.2 Å². The second kappa shape index (κ2) is 9.40. The summed E-state index contributed by atoms with van der Waals surface area (Å²) in [5.74, 6) is 0.654. The van der Waals surface area contributed by atoms with Crippen LogP contribution in [-0.2, 0) is 12.3 Å². The topological polar surface area (TPSA) is 27.7 Å². The Morgan fingerprint density at radius 2 is 1.00 bits per heavy atom. The molecule has 0 fully saturated rings. The van der Waals surface area contributed by atoms with Crippen LogP contribution in [0.15, 0.2) is 0 Å². The summed E-state index contributed by atoms with van der Waals surface area (Å²) in [5, 5.41) is 1.04. The minimum atomic E-state index is -1.45. The molecule has 0 aromatic carbocycles. The van der Waals surface area contributed by atoms with Gasteiger partial charge in [-0.2, -0.15) is 0 Å². The number of hydrogen-bond acceptors (Lipinski definition) is 3. The average molecular weight is 441 g/mol. The van der Waals surface area contributed by atoms with Gasteiger partial charge in [0.1, 0.15) is 19.5 Å². The van der Waals surface area contributed by atoms with E-state index in [1.165, 1.54) is 0 Å². The number of rotatable bonds is 11. The van der Waals surface area contributed by atoms with Gasteiger partial charge in [-0.25, -0.2) is 0 Å². The zero-order valence-corrected chi connectivity index (χ0v) is 25.7. The van der Waals surface area contributed by atoms with E-state index in [0.29, 0.717) is 16.1 Å². The third-order valence-electron chi connectivity index (χ3n) is 4.50. The highest BCUT2D eigenvalue weighted by Crippen LogP contribution is 2.46. The summed E-state index contributed by atoms with van der Waals surface area (Å²) in [6, 6.07) is 0. The Kier molecular flexibility index (Phi) is 9.86. The second-order valence-corrected chi connectivity index (χ2v) is 32.3. The molecule has 0 heterocycles. The van der Waals surface area contributed by atoms with Crippen molar-refractivity contribution in [2.75, 3.05) is 0 Å². The van der Waals surface area contributed by atoms with Gasteiger partial charge in [0.25, 0.3) is 0 Å². The van der Waals surface area contributed by atoms with Crippen LogP contribution in [0.25, 0.3) is 0 Å². The maximum absolute atomic E-state index is 6.53. The molecule has 1 unspecified atom stereocenters. The van der Waals surface area contributed by atoms with Gasteiger partial charge in [-0.1, -0.05) is 20.8 Å². The third-order valence-corrected chi connectivity index (χ3v) is 24.1. The molecule has 0 rings (SSSR count). The summed E-state index contributed by atoms with van der Waals surface area (Å²) in [7, 11) is -6.07. The smallest absolute Gasteiger partial charge is 0.169 e. The lowest BCUT2D eigenvalue weighted by atomic mass is 9.98. The third kappa shape index (κ3) is 11.0. The molecule has 0 saturated heterocycles. The molecule has 0 aromatic rings. The highest BCUT2D eigenvalue weighted by molar-refractivity contribution is 6.79. The van der Waals surface area contributed by atoms with E-state index in [-0.39, 0.29) is 0 Å². The van der Waals surface area contributed by atoms with Crippen molar-refractivity contribution in [3.05, 3.63) is 0 Å². The first-order valence-corrected chi connectivity index (χ1v) is 23.7. The molecule has 0 saturated carbocycles. The standard InChI is InChI=1S/C15H44O3Si6/c1-13(2)15(3,21-18-24(10,11)12)14(19-16-22(4,5)6)20-17-23(7,8)9/h13-14H,19-21H2,1-12H3. The van der Waals surface area contributed by atoms with E-state index in [1.807, 2.05) is 0 Å². The van der Waals surface area contributed by atoms with Crippen LogP contribution in [0.4, 0.5) is 0 Å². The van der Waals surface area contributed by atoms with Crippen LogP contribution in [0, 0.1) is 5.92 Å². The van der Waals surface area contributed by atoms with Crippen molar-refractivity contribution in [3.63, 3.8) is 0 Å². The summed E-state index contributed by atoms with van der Waals surface area (Å²) in [4.78, 5) is 0. The fourth-order valence-corrected chi connectivity index (χ4v) is 17.0. The minimum Gasteiger partial charge on any atom is -0.461 e. The molecule has 0 bridgehead atoms. The van der Waals surface area contributed by atoms with Crippen LogP contribution >= 0.6 is 0 Å². The monoisotopic (exact) mass is 440 g/mol. The maximum atomic E-state index is 6.53. The van der Waals surface area contributed by atoms with Crippen molar-refractivity contribution < 1.29 is 12.3 Å². The Morgan fingerprint density at radius 1 is 0.667 bits per heavy atom. The predicted octanol–water partition coefficient (Wildman–Crippen LogP) is 3.37. The van der Waals surface area contributed by atoms with Gasteiger partial charge in [0.2, 0.25) is 0 Å². The molecule has 1 atom stereocenters. The summed E-state index contributed by atoms with van der Waals surface area (Å²) in [6.45, 7) is 28.2. The van der Waals surface area contributed by atoms with Gasteiger partial charge >= 0.3 is 0 Å². The lowest BCUT2D eigenvalue weighted by Gasteiger charge is -2.43. The quantitative estimate of drug-likeness (QED) is 0.461. The highest BCUT2D eigenvalue weighted by atomic mass is 28.4. The van der Waals surface area contributed by atoms with Gasteiger partial charge in [0, 0.05) is 0 Å². The summed E-state index contributed by atoms with van der Waals surface area (Å²) in [6.07, 6.45) is 0. The van der Waals surface area contributed by atoms with Gasteiger partial charge in [-0.15, -0.1) is 0 Å². The van der Waals surface area contributed by atoms with Crippen LogP contribution in [0.3, 0.4) is 0 Å². The van der Waals surface area contributed by atoms with Crippen molar-refractivity contribution in [2.24, 2.45) is 5.92 Å². The summed E-state index contributed by atoms with van der Waals surface area (Å²) >= 11 is 0. The highest BCUT2D eigenvalue weighted by Gasteiger charge is 2.41. The Balaban J connectivity index is 5.31. The Morgan fingerprint density at radius 3 is 1.25 bits per heavy atom. The van der Waals surface area contributed by atoms with Crippen LogP contribution < -0.4 is 0 Å². The van der Waals surface area contributed by atoms with E-state index in [1.54, 1.807) is 0 Å². The fraction of sp³-hybridized carbons (Fsp3) is 1.00. The summed E-state index contributed by atoms with van der Waals surface area (Å²) in [5.41, 5.74) is 0. The SMILES string of the molecule is CC(C)C(C)([SiH2]O[Si](C)(C)C)C([SiH2]O[Si](C)(C)C)[SiH2]O[Si](C)(C)C. The molecular weight excluding hydrogens is 397 g/mol. The van der Waals surface area contributed by atoms with Crippen molar-refractivity contribution in [1.82, 2.24) is 0 Å². The molecule has 3 nitrogen and oxygen atoms in total. The second-order valence-electron chi connectivity index (χ2n) is 10.6. The molecule has 0 aromatic heterocycles. The summed E-state index contributed by atoms with van der Waals surface area (Å²) < 4.78 is 19.6. The number of hydrogen-bond donors (Lipinski definition) is 0. The van der Waals surface area contributed by atoms with Crippen LogP contribution in [0.1, 0.15) is 20.8 Å². The van der Waals surface area contributed by atoms with E-state index < -0.39 is 54.2 Å². The molecule has 0 radical (unpaired) electrons. The molecule has 0 spiro atoms. The minimum absolute atomic E-state index is 0.331. The van der Waals surface area contributed by atoms with Gasteiger partial charge in [0.05, 0.1) is 0 Å². The van der Waals surface area contributed by atoms with Crippen molar-refractivity contribution in [2.45, 2.75) is 89.9 Å². The predicted molar refractivity (Wildman–Crippen MR) is 126 cm³/mol. The fourth-order valence-electron chi connectivity index (χ4n) is 2.26. The van der Waals surface area contributed by atoms with Crippen LogP contribution in [0.2, 0.25) is 69.1 Å². The lowest BCUT2D eigenvalue weighted by molar-refractivity contribution is 0.391. The molecule has 0 aliphatic rings. The van der Waals surface area contributed by atoms with Gasteiger partial charge in [-0.05, 0) is 75.0 Å². The van der Waals surface area contributed by atoms with Crippen molar-refractivity contribution in [1.29, 1.82) is 0 Å². The largest absolute Gasteiger partial charge is 0.461 e. The first-order valence-electron chi connectivity index (χ1n) is 9.38. The molecule has 0 aliphatic carbocycles. The lowest BCUT2D eigenvalue weighted by Crippen LogP contribution is -2.44. The van der Waals surface area contributed by atoms with Gasteiger partial charge < -0.3 is 12.3 Å². The van der Waals surface area contributed by atoms with E-state index in [4.69, 9.17) is 12.3 Å². The molecule has 0 amide bonds. The molecule has 9 heteroatoms. The molecular formula is C15H44O3Si6. The Labute approximate surface area is 162 Å². The van der Waals surface area contributed by atoms with Gasteiger partial charge in [0.15, 0.2) is 34.7 Å². The van der Waals surface area contributed by atoms with Crippen molar-refractivity contribution >= 4 is 54.2 Å². The van der Waals surface area contributed by atoms with E-state index in [0.717, 1.165) is 0 Å².